The lowest BCUT2D eigenvalue weighted by molar-refractivity contribution is 0.446. The van der Waals surface area contributed by atoms with Crippen molar-refractivity contribution in [3.63, 3.8) is 0 Å². The Kier molecular flexibility index (Phi) is 3.84. The number of fused-ring (bicyclic) bond motifs is 4. The van der Waals surface area contributed by atoms with Gasteiger partial charge in [0.15, 0.2) is 23.0 Å². The average Bonchev–Trinajstić information content (AvgIpc) is 2.89. The van der Waals surface area contributed by atoms with Crippen LogP contribution in [0.15, 0.2) is 115 Å². The van der Waals surface area contributed by atoms with Gasteiger partial charge in [-0.25, -0.2) is 0 Å². The van der Waals surface area contributed by atoms with Crippen molar-refractivity contribution < 1.29 is 9.47 Å². The van der Waals surface area contributed by atoms with Crippen LogP contribution in [0.4, 0.5) is 17.1 Å². The van der Waals surface area contributed by atoms with Gasteiger partial charge in [-0.2, -0.15) is 0 Å². The lowest BCUT2D eigenvalue weighted by Crippen LogP contribution is -2.20. The molecule has 0 fully saturated rings. The van der Waals surface area contributed by atoms with Crippen LogP contribution >= 0.6 is 0 Å². The van der Waals surface area contributed by atoms with Crippen LogP contribution in [0.1, 0.15) is 0 Å². The molecular formula is C30H19NO2. The molecule has 0 N–H and O–H groups in total. The highest BCUT2D eigenvalue weighted by atomic mass is 16.5. The lowest BCUT2D eigenvalue weighted by atomic mass is 9.98. The summed E-state index contributed by atoms with van der Waals surface area (Å²) in [5, 5.41) is 0. The highest BCUT2D eigenvalue weighted by Gasteiger charge is 2.34. The standard InChI is InChI=1S/C30H19NO2/c1-2-8-20(9-3-1)21-14-16-22(17-15-21)23-18-28-30-29(19-23)33-27-13-7-5-11-25(27)31(30)24-10-4-6-12-26(24)32-28/h1-19H. The SMILES string of the molecule is c1ccc(-c2ccc(-c3cc4c5c(c3)Oc3ccccc3N5c3ccccc3O4)cc2)cc1. The fraction of sp³-hybridized carbons (Fsp3) is 0. The van der Waals surface area contributed by atoms with Crippen LogP contribution in [0.2, 0.25) is 0 Å². The van der Waals surface area contributed by atoms with Gasteiger partial charge in [0.25, 0.3) is 0 Å². The second-order valence-corrected chi connectivity index (χ2v) is 8.24. The van der Waals surface area contributed by atoms with Gasteiger partial charge in [-0.3, -0.25) is 4.90 Å². The molecule has 0 bridgehead atoms. The zero-order chi connectivity index (χ0) is 21.8. The van der Waals surface area contributed by atoms with Gasteiger partial charge in [-0.05, 0) is 58.7 Å². The Morgan fingerprint density at radius 1 is 0.394 bits per heavy atom. The second-order valence-electron chi connectivity index (χ2n) is 8.24. The van der Waals surface area contributed by atoms with Gasteiger partial charge >= 0.3 is 0 Å². The molecule has 33 heavy (non-hydrogen) atoms. The molecule has 2 aliphatic rings. The number of hydrogen-bond donors (Lipinski definition) is 0. The highest BCUT2D eigenvalue weighted by Crippen LogP contribution is 2.60. The van der Waals surface area contributed by atoms with Crippen molar-refractivity contribution in [1.29, 1.82) is 0 Å². The van der Waals surface area contributed by atoms with E-state index in [2.05, 4.69) is 77.7 Å². The Labute approximate surface area is 192 Å². The molecule has 7 rings (SSSR count). The van der Waals surface area contributed by atoms with Crippen molar-refractivity contribution in [3.05, 3.63) is 115 Å². The minimum absolute atomic E-state index is 0.794. The maximum Gasteiger partial charge on any atom is 0.156 e. The fourth-order valence-corrected chi connectivity index (χ4v) is 4.67. The van der Waals surface area contributed by atoms with Gasteiger partial charge in [-0.15, -0.1) is 0 Å². The lowest BCUT2D eigenvalue weighted by Gasteiger charge is -2.38. The zero-order valence-electron chi connectivity index (χ0n) is 17.7. The Hall–Kier alpha value is -4.50. The molecule has 0 atom stereocenters. The van der Waals surface area contributed by atoms with Crippen LogP contribution < -0.4 is 14.4 Å². The molecule has 0 unspecified atom stereocenters. The Morgan fingerprint density at radius 2 is 0.848 bits per heavy atom. The van der Waals surface area contributed by atoms with Crippen molar-refractivity contribution >= 4 is 17.1 Å². The molecule has 0 aliphatic carbocycles. The van der Waals surface area contributed by atoms with E-state index in [4.69, 9.17) is 9.47 Å². The van der Waals surface area contributed by atoms with E-state index in [1.165, 1.54) is 11.1 Å². The average molecular weight is 425 g/mol. The van der Waals surface area contributed by atoms with E-state index in [-0.39, 0.29) is 0 Å². The largest absolute Gasteiger partial charge is 0.453 e. The smallest absolute Gasteiger partial charge is 0.156 e. The zero-order valence-corrected chi connectivity index (χ0v) is 17.7. The molecule has 0 radical (unpaired) electrons. The molecular weight excluding hydrogens is 406 g/mol. The topological polar surface area (TPSA) is 21.7 Å². The summed E-state index contributed by atoms with van der Waals surface area (Å²) >= 11 is 0. The summed E-state index contributed by atoms with van der Waals surface area (Å²) < 4.78 is 12.7. The van der Waals surface area contributed by atoms with Gasteiger partial charge in [0.1, 0.15) is 5.69 Å². The maximum atomic E-state index is 6.37. The maximum absolute atomic E-state index is 6.37. The number of anilines is 3. The number of para-hydroxylation sites is 4. The van der Waals surface area contributed by atoms with Gasteiger partial charge in [0.2, 0.25) is 0 Å². The summed E-state index contributed by atoms with van der Waals surface area (Å²) in [5.74, 6) is 3.26. The van der Waals surface area contributed by atoms with Gasteiger partial charge in [0.05, 0.1) is 11.4 Å². The third kappa shape index (κ3) is 2.83. The van der Waals surface area contributed by atoms with E-state index < -0.39 is 0 Å². The Balaban J connectivity index is 1.37. The van der Waals surface area contributed by atoms with Crippen LogP contribution in [-0.4, -0.2) is 0 Å². The molecule has 0 saturated heterocycles. The Bertz CT molecular complexity index is 1440. The number of benzene rings is 5. The summed E-state index contributed by atoms with van der Waals surface area (Å²) in [4.78, 5) is 2.24. The second kappa shape index (κ2) is 7.01. The van der Waals surface area contributed by atoms with Crippen molar-refractivity contribution in [3.8, 4) is 45.3 Å². The quantitative estimate of drug-likeness (QED) is 0.276. The predicted octanol–water partition coefficient (Wildman–Crippen LogP) is 8.70. The molecule has 0 amide bonds. The molecule has 3 nitrogen and oxygen atoms in total. The van der Waals surface area contributed by atoms with E-state index >= 15 is 0 Å². The molecule has 5 aromatic rings. The van der Waals surface area contributed by atoms with Gasteiger partial charge in [-0.1, -0.05) is 78.9 Å². The van der Waals surface area contributed by atoms with Gasteiger partial charge in [0, 0.05) is 0 Å². The summed E-state index contributed by atoms with van der Waals surface area (Å²) in [5.41, 5.74) is 7.55. The van der Waals surface area contributed by atoms with E-state index in [1.54, 1.807) is 0 Å². The minimum Gasteiger partial charge on any atom is -0.453 e. The summed E-state index contributed by atoms with van der Waals surface area (Å²) in [6, 6.07) is 39.5. The normalized spacial score (nSPS) is 12.7. The van der Waals surface area contributed by atoms with Crippen LogP contribution in [0.3, 0.4) is 0 Å². The van der Waals surface area contributed by atoms with Crippen molar-refractivity contribution in [2.24, 2.45) is 0 Å². The first-order valence-corrected chi connectivity index (χ1v) is 11.0. The summed E-state index contributed by atoms with van der Waals surface area (Å²) in [6.07, 6.45) is 0. The first-order valence-electron chi connectivity index (χ1n) is 11.0. The first-order chi connectivity index (χ1) is 16.3. The molecule has 2 aliphatic heterocycles. The molecule has 0 saturated carbocycles. The van der Waals surface area contributed by atoms with Crippen LogP contribution in [0.25, 0.3) is 22.3 Å². The van der Waals surface area contributed by atoms with E-state index in [9.17, 15) is 0 Å². The van der Waals surface area contributed by atoms with Crippen LogP contribution in [0, 0.1) is 0 Å². The third-order valence-corrected chi connectivity index (χ3v) is 6.24. The molecule has 0 aromatic heterocycles. The number of rotatable bonds is 2. The molecule has 3 heteroatoms. The van der Waals surface area contributed by atoms with Crippen LogP contribution in [0.5, 0.6) is 23.0 Å². The molecule has 0 spiro atoms. The number of hydrogen-bond acceptors (Lipinski definition) is 3. The third-order valence-electron chi connectivity index (χ3n) is 6.24. The first kappa shape index (κ1) is 18.1. The Morgan fingerprint density at radius 3 is 1.42 bits per heavy atom. The highest BCUT2D eigenvalue weighted by molar-refractivity contribution is 5.95. The predicted molar refractivity (Wildman–Crippen MR) is 132 cm³/mol. The van der Waals surface area contributed by atoms with Crippen LogP contribution in [-0.2, 0) is 0 Å². The number of ether oxygens (including phenoxy) is 2. The van der Waals surface area contributed by atoms with Crippen molar-refractivity contribution in [2.45, 2.75) is 0 Å². The minimum atomic E-state index is 0.794. The molecule has 5 aromatic carbocycles. The van der Waals surface area contributed by atoms with Crippen molar-refractivity contribution in [2.75, 3.05) is 4.90 Å². The summed E-state index contributed by atoms with van der Waals surface area (Å²) in [7, 11) is 0. The monoisotopic (exact) mass is 425 g/mol. The van der Waals surface area contributed by atoms with Gasteiger partial charge < -0.3 is 9.47 Å². The van der Waals surface area contributed by atoms with Crippen molar-refractivity contribution in [1.82, 2.24) is 0 Å². The molecule has 156 valence electrons. The van der Waals surface area contributed by atoms with E-state index in [0.29, 0.717) is 0 Å². The summed E-state index contributed by atoms with van der Waals surface area (Å²) in [6.45, 7) is 0. The fourth-order valence-electron chi connectivity index (χ4n) is 4.67. The number of nitrogens with zero attached hydrogens (tertiary/aromatic N) is 1. The van der Waals surface area contributed by atoms with E-state index in [1.807, 2.05) is 42.5 Å². The van der Waals surface area contributed by atoms with E-state index in [0.717, 1.165) is 51.2 Å². The molecule has 2 heterocycles.